The van der Waals surface area contributed by atoms with Gasteiger partial charge in [-0.3, -0.25) is 9.79 Å². The van der Waals surface area contributed by atoms with Crippen LogP contribution >= 0.6 is 0 Å². The Labute approximate surface area is 149 Å². The van der Waals surface area contributed by atoms with E-state index in [9.17, 15) is 4.79 Å². The first-order chi connectivity index (χ1) is 12.1. The molecule has 1 aromatic carbocycles. The molecule has 0 amide bonds. The molecule has 0 saturated heterocycles. The summed E-state index contributed by atoms with van der Waals surface area (Å²) in [6, 6.07) is 5.72. The van der Waals surface area contributed by atoms with E-state index in [-0.39, 0.29) is 5.97 Å². The number of unbranched alkanes of at least 4 members (excludes halogenated alkanes) is 2. The zero-order valence-corrected chi connectivity index (χ0v) is 15.6. The number of ether oxygens (including phenoxy) is 3. The van der Waals surface area contributed by atoms with Crippen molar-refractivity contribution in [1.82, 2.24) is 10.6 Å². The van der Waals surface area contributed by atoms with Crippen LogP contribution in [0.1, 0.15) is 31.2 Å². The first kappa shape index (κ1) is 20.6. The van der Waals surface area contributed by atoms with E-state index >= 15 is 0 Å². The highest BCUT2D eigenvalue weighted by Crippen LogP contribution is 2.24. The van der Waals surface area contributed by atoms with Crippen molar-refractivity contribution in [2.24, 2.45) is 4.99 Å². The highest BCUT2D eigenvalue weighted by atomic mass is 16.5. The van der Waals surface area contributed by atoms with Gasteiger partial charge >= 0.3 is 5.97 Å². The average Bonchev–Trinajstić information content (AvgIpc) is 2.66. The summed E-state index contributed by atoms with van der Waals surface area (Å²) < 4.78 is 15.2. The summed E-state index contributed by atoms with van der Waals surface area (Å²) in [6.07, 6.45) is 3.24. The summed E-state index contributed by atoms with van der Waals surface area (Å²) in [6.45, 7) is 1.38. The first-order valence-corrected chi connectivity index (χ1v) is 8.36. The minimum atomic E-state index is -0.154. The summed E-state index contributed by atoms with van der Waals surface area (Å²) >= 11 is 0. The minimum Gasteiger partial charge on any atom is -0.497 e. The maximum atomic E-state index is 11.0. The first-order valence-electron chi connectivity index (χ1n) is 8.36. The third kappa shape index (κ3) is 7.78. The molecule has 1 rings (SSSR count). The van der Waals surface area contributed by atoms with Gasteiger partial charge in [0.15, 0.2) is 5.96 Å². The molecule has 0 aliphatic heterocycles. The Bertz CT molecular complexity index is 561. The van der Waals surface area contributed by atoms with E-state index in [1.54, 1.807) is 21.3 Å². The lowest BCUT2D eigenvalue weighted by molar-refractivity contribution is -0.140. The van der Waals surface area contributed by atoms with Crippen molar-refractivity contribution >= 4 is 11.9 Å². The van der Waals surface area contributed by atoms with Gasteiger partial charge < -0.3 is 24.8 Å². The van der Waals surface area contributed by atoms with Gasteiger partial charge in [0, 0.05) is 38.2 Å². The van der Waals surface area contributed by atoms with Crippen LogP contribution in [0.2, 0.25) is 0 Å². The Morgan fingerprint density at radius 2 is 1.88 bits per heavy atom. The number of hydrogen-bond acceptors (Lipinski definition) is 5. The van der Waals surface area contributed by atoms with Crippen LogP contribution in [0.4, 0.5) is 0 Å². The topological polar surface area (TPSA) is 81.2 Å². The number of methoxy groups -OCH3 is 3. The third-order valence-corrected chi connectivity index (χ3v) is 3.74. The average molecular weight is 351 g/mol. The molecule has 1 aromatic rings. The highest BCUT2D eigenvalue weighted by molar-refractivity contribution is 5.79. The highest BCUT2D eigenvalue weighted by Gasteiger charge is 2.06. The molecule has 0 bridgehead atoms. The number of carbonyl (C=O) groups excluding carboxylic acids is 1. The Morgan fingerprint density at radius 3 is 2.52 bits per heavy atom. The fourth-order valence-electron chi connectivity index (χ4n) is 2.28. The fraction of sp³-hybridized carbons (Fsp3) is 0.556. The molecule has 7 heteroatoms. The third-order valence-electron chi connectivity index (χ3n) is 3.74. The van der Waals surface area contributed by atoms with Gasteiger partial charge in [0.25, 0.3) is 0 Å². The molecule has 0 spiro atoms. The molecule has 0 fully saturated rings. The Kier molecular flexibility index (Phi) is 9.89. The van der Waals surface area contributed by atoms with E-state index in [0.29, 0.717) is 13.0 Å². The molecule has 0 radical (unpaired) electrons. The molecule has 140 valence electrons. The summed E-state index contributed by atoms with van der Waals surface area (Å²) in [7, 11) is 6.42. The van der Waals surface area contributed by atoms with E-state index in [4.69, 9.17) is 9.47 Å². The second-order valence-corrected chi connectivity index (χ2v) is 5.42. The molecule has 0 atom stereocenters. The van der Waals surface area contributed by atoms with Gasteiger partial charge in [-0.15, -0.1) is 0 Å². The monoisotopic (exact) mass is 351 g/mol. The molecule has 25 heavy (non-hydrogen) atoms. The minimum absolute atomic E-state index is 0.154. The van der Waals surface area contributed by atoms with Crippen molar-refractivity contribution in [1.29, 1.82) is 0 Å². The smallest absolute Gasteiger partial charge is 0.305 e. The number of benzene rings is 1. The lowest BCUT2D eigenvalue weighted by atomic mass is 10.2. The van der Waals surface area contributed by atoms with E-state index in [2.05, 4.69) is 20.4 Å². The van der Waals surface area contributed by atoms with Crippen molar-refractivity contribution in [3.05, 3.63) is 23.8 Å². The predicted molar refractivity (Wildman–Crippen MR) is 98.2 cm³/mol. The van der Waals surface area contributed by atoms with Crippen LogP contribution in [0, 0.1) is 0 Å². The molecule has 0 unspecified atom stereocenters. The van der Waals surface area contributed by atoms with Gasteiger partial charge in [0.2, 0.25) is 0 Å². The van der Waals surface area contributed by atoms with Crippen LogP contribution < -0.4 is 20.1 Å². The molecule has 0 aromatic heterocycles. The molecule has 0 aliphatic rings. The Balaban J connectivity index is 2.34. The van der Waals surface area contributed by atoms with Gasteiger partial charge in [-0.2, -0.15) is 0 Å². The van der Waals surface area contributed by atoms with Gasteiger partial charge in [-0.1, -0.05) is 6.42 Å². The molecular formula is C18H29N3O4. The number of carbonyl (C=O) groups is 1. The SMILES string of the molecule is CN=C(NCCCCCC(=O)OC)NCc1ccc(OC)cc1OC. The number of hydrogen-bond donors (Lipinski definition) is 2. The van der Waals surface area contributed by atoms with Gasteiger partial charge in [0.1, 0.15) is 11.5 Å². The number of esters is 1. The standard InChI is InChI=1S/C18H29N3O4/c1-19-18(20-11-7-5-6-8-17(22)25-4)21-13-14-9-10-15(23-2)12-16(14)24-3/h9-10,12H,5-8,11,13H2,1-4H3,(H2,19,20,21). The Morgan fingerprint density at radius 1 is 1.08 bits per heavy atom. The quantitative estimate of drug-likeness (QED) is 0.291. The van der Waals surface area contributed by atoms with E-state index in [1.165, 1.54) is 7.11 Å². The van der Waals surface area contributed by atoms with Crippen molar-refractivity contribution < 1.29 is 19.0 Å². The molecular weight excluding hydrogens is 322 g/mol. The number of rotatable bonds is 10. The van der Waals surface area contributed by atoms with Crippen molar-refractivity contribution in [3.8, 4) is 11.5 Å². The molecule has 0 saturated carbocycles. The second kappa shape index (κ2) is 12.0. The van der Waals surface area contributed by atoms with E-state index in [1.807, 2.05) is 18.2 Å². The zero-order valence-electron chi connectivity index (χ0n) is 15.6. The van der Waals surface area contributed by atoms with E-state index in [0.717, 1.165) is 48.8 Å². The second-order valence-electron chi connectivity index (χ2n) is 5.42. The summed E-state index contributed by atoms with van der Waals surface area (Å²) in [4.78, 5) is 15.2. The summed E-state index contributed by atoms with van der Waals surface area (Å²) in [5.74, 6) is 2.10. The number of guanidine groups is 1. The number of nitrogens with zero attached hydrogens (tertiary/aromatic N) is 1. The van der Waals surface area contributed by atoms with Gasteiger partial charge in [-0.05, 0) is 25.0 Å². The van der Waals surface area contributed by atoms with Crippen molar-refractivity contribution in [2.75, 3.05) is 34.9 Å². The number of aliphatic imine (C=N–C) groups is 1. The number of nitrogens with one attached hydrogen (secondary N) is 2. The lowest BCUT2D eigenvalue weighted by Gasteiger charge is -2.14. The predicted octanol–water partition coefficient (Wildman–Crippen LogP) is 2.10. The normalized spacial score (nSPS) is 11.0. The van der Waals surface area contributed by atoms with Crippen LogP contribution in [0.25, 0.3) is 0 Å². The van der Waals surface area contributed by atoms with Gasteiger partial charge in [-0.25, -0.2) is 0 Å². The fourth-order valence-corrected chi connectivity index (χ4v) is 2.28. The van der Waals surface area contributed by atoms with Crippen molar-refractivity contribution in [2.45, 2.75) is 32.2 Å². The van der Waals surface area contributed by atoms with Crippen LogP contribution in [0.3, 0.4) is 0 Å². The van der Waals surface area contributed by atoms with Crippen LogP contribution in [-0.2, 0) is 16.1 Å². The zero-order chi connectivity index (χ0) is 18.5. The Hall–Kier alpha value is -2.44. The largest absolute Gasteiger partial charge is 0.497 e. The van der Waals surface area contributed by atoms with Gasteiger partial charge in [0.05, 0.1) is 21.3 Å². The molecule has 0 heterocycles. The van der Waals surface area contributed by atoms with Crippen LogP contribution in [0.15, 0.2) is 23.2 Å². The maximum absolute atomic E-state index is 11.0. The summed E-state index contributed by atoms with van der Waals surface area (Å²) in [5.41, 5.74) is 1.02. The lowest BCUT2D eigenvalue weighted by Crippen LogP contribution is -2.37. The maximum Gasteiger partial charge on any atom is 0.305 e. The van der Waals surface area contributed by atoms with Crippen LogP contribution in [-0.4, -0.2) is 46.9 Å². The molecule has 2 N–H and O–H groups in total. The summed E-state index contributed by atoms with van der Waals surface area (Å²) in [5, 5.41) is 6.52. The van der Waals surface area contributed by atoms with Crippen molar-refractivity contribution in [3.63, 3.8) is 0 Å². The van der Waals surface area contributed by atoms with Crippen LogP contribution in [0.5, 0.6) is 11.5 Å². The van der Waals surface area contributed by atoms with E-state index < -0.39 is 0 Å². The molecule has 7 nitrogen and oxygen atoms in total. The molecule has 0 aliphatic carbocycles.